The largest absolute Gasteiger partial charge is 0.351 e. The summed E-state index contributed by atoms with van der Waals surface area (Å²) >= 11 is 1.42. The average Bonchev–Trinajstić information content (AvgIpc) is 3.47. The van der Waals surface area contributed by atoms with Gasteiger partial charge in [0.25, 0.3) is 5.91 Å². The molecule has 2 heterocycles. The lowest BCUT2D eigenvalue weighted by Gasteiger charge is -2.21. The Balaban J connectivity index is 1.43. The zero-order valence-corrected chi connectivity index (χ0v) is 14.4. The van der Waals surface area contributed by atoms with Gasteiger partial charge in [0.2, 0.25) is 5.91 Å². The molecule has 6 nitrogen and oxygen atoms in total. The van der Waals surface area contributed by atoms with Crippen molar-refractivity contribution in [2.45, 2.75) is 44.2 Å². The van der Waals surface area contributed by atoms with Crippen LogP contribution in [0.5, 0.6) is 0 Å². The lowest BCUT2D eigenvalue weighted by Crippen LogP contribution is -2.46. The number of imide groups is 1. The van der Waals surface area contributed by atoms with Gasteiger partial charge < -0.3 is 10.6 Å². The number of hydrogen-bond acceptors (Lipinski definition) is 4. The van der Waals surface area contributed by atoms with E-state index in [0.29, 0.717) is 11.8 Å². The lowest BCUT2D eigenvalue weighted by molar-refractivity contribution is -0.135. The van der Waals surface area contributed by atoms with Crippen molar-refractivity contribution in [1.82, 2.24) is 15.5 Å². The molecule has 1 aliphatic heterocycles. The number of nitrogens with one attached hydrogen (secondary N) is 2. The fourth-order valence-electron chi connectivity index (χ4n) is 3.48. The molecule has 3 aliphatic rings. The third-order valence-corrected chi connectivity index (χ3v) is 6.27. The van der Waals surface area contributed by atoms with Gasteiger partial charge in [-0.2, -0.15) is 0 Å². The molecule has 7 heteroatoms. The molecule has 1 aromatic heterocycles. The average molecular weight is 347 g/mol. The Hall–Kier alpha value is -1.89. The smallest absolute Gasteiger partial charge is 0.325 e. The minimum absolute atomic E-state index is 0.207. The van der Waals surface area contributed by atoms with Crippen molar-refractivity contribution < 1.29 is 14.4 Å². The van der Waals surface area contributed by atoms with Crippen molar-refractivity contribution in [3.05, 3.63) is 22.4 Å². The molecule has 2 aliphatic carbocycles. The van der Waals surface area contributed by atoms with Crippen LogP contribution in [-0.4, -0.2) is 35.3 Å². The Kier molecular flexibility index (Phi) is 3.63. The van der Waals surface area contributed by atoms with Crippen LogP contribution in [0.4, 0.5) is 4.79 Å². The first-order chi connectivity index (χ1) is 11.5. The molecule has 2 saturated carbocycles. The van der Waals surface area contributed by atoms with Gasteiger partial charge in [-0.05, 0) is 55.9 Å². The van der Waals surface area contributed by atoms with Crippen molar-refractivity contribution in [3.63, 3.8) is 0 Å². The topological polar surface area (TPSA) is 78.5 Å². The monoisotopic (exact) mass is 347 g/mol. The van der Waals surface area contributed by atoms with E-state index in [2.05, 4.69) is 10.6 Å². The first-order valence-corrected chi connectivity index (χ1v) is 9.34. The maximum absolute atomic E-state index is 12.7. The van der Waals surface area contributed by atoms with Crippen molar-refractivity contribution >= 4 is 29.2 Å². The van der Waals surface area contributed by atoms with Crippen LogP contribution in [0.25, 0.3) is 0 Å². The third-order valence-electron chi connectivity index (χ3n) is 5.18. The lowest BCUT2D eigenvalue weighted by atomic mass is 10.0. The normalized spacial score (nSPS) is 26.8. The second kappa shape index (κ2) is 5.58. The highest BCUT2D eigenvalue weighted by molar-refractivity contribution is 7.10. The van der Waals surface area contributed by atoms with Crippen molar-refractivity contribution in [2.75, 3.05) is 6.54 Å². The summed E-state index contributed by atoms with van der Waals surface area (Å²) < 4.78 is 0. The zero-order chi connectivity index (χ0) is 16.9. The molecule has 2 N–H and O–H groups in total. The summed E-state index contributed by atoms with van der Waals surface area (Å²) in [6.45, 7) is 1.48. The Morgan fingerprint density at radius 1 is 1.38 bits per heavy atom. The molecule has 0 radical (unpaired) electrons. The summed E-state index contributed by atoms with van der Waals surface area (Å²) in [5, 5.41) is 7.66. The fraction of sp³-hybridized carbons (Fsp3) is 0.588. The third kappa shape index (κ3) is 2.70. The van der Waals surface area contributed by atoms with Gasteiger partial charge >= 0.3 is 6.03 Å². The first-order valence-electron chi connectivity index (χ1n) is 8.46. The molecule has 1 unspecified atom stereocenters. The van der Waals surface area contributed by atoms with Gasteiger partial charge in [0.1, 0.15) is 6.54 Å². The molecule has 0 aromatic carbocycles. The highest BCUT2D eigenvalue weighted by Crippen LogP contribution is 2.44. The van der Waals surface area contributed by atoms with Crippen LogP contribution in [0.15, 0.2) is 17.5 Å². The maximum atomic E-state index is 12.7. The number of rotatable bonds is 6. The van der Waals surface area contributed by atoms with E-state index < -0.39 is 11.6 Å². The molecule has 4 amide bonds. The Bertz CT molecular complexity index is 669. The van der Waals surface area contributed by atoms with E-state index in [9.17, 15) is 14.4 Å². The first kappa shape index (κ1) is 15.6. The van der Waals surface area contributed by atoms with Crippen LogP contribution in [-0.2, 0) is 15.1 Å². The molecule has 3 fully saturated rings. The van der Waals surface area contributed by atoms with Crippen LogP contribution < -0.4 is 10.6 Å². The highest BCUT2D eigenvalue weighted by atomic mass is 32.1. The molecule has 1 saturated heterocycles. The maximum Gasteiger partial charge on any atom is 0.325 e. The second-order valence-corrected chi connectivity index (χ2v) is 8.14. The van der Waals surface area contributed by atoms with Crippen molar-refractivity contribution in [3.8, 4) is 0 Å². The van der Waals surface area contributed by atoms with Gasteiger partial charge in [0.05, 0.1) is 0 Å². The van der Waals surface area contributed by atoms with Crippen molar-refractivity contribution in [1.29, 1.82) is 0 Å². The highest BCUT2D eigenvalue weighted by Gasteiger charge is 2.50. The number of carbonyl (C=O) groups is 3. The Morgan fingerprint density at radius 3 is 2.58 bits per heavy atom. The number of carbonyl (C=O) groups excluding carboxylic acids is 3. The van der Waals surface area contributed by atoms with Gasteiger partial charge in [-0.15, -0.1) is 11.3 Å². The molecule has 128 valence electrons. The molecular formula is C17H21N3O3S. The minimum atomic E-state index is -1.07. The minimum Gasteiger partial charge on any atom is -0.351 e. The quantitative estimate of drug-likeness (QED) is 0.771. The van der Waals surface area contributed by atoms with Crippen LogP contribution in [0.1, 0.15) is 37.5 Å². The van der Waals surface area contributed by atoms with E-state index in [1.807, 2.05) is 17.5 Å². The molecule has 24 heavy (non-hydrogen) atoms. The molecule has 0 spiro atoms. The van der Waals surface area contributed by atoms with Crippen LogP contribution in [0.3, 0.4) is 0 Å². The summed E-state index contributed by atoms with van der Waals surface area (Å²) in [6, 6.07) is 3.39. The van der Waals surface area contributed by atoms with Gasteiger partial charge in [-0.1, -0.05) is 6.07 Å². The number of nitrogens with zero attached hydrogens (tertiary/aromatic N) is 1. The molecule has 4 rings (SSSR count). The summed E-state index contributed by atoms with van der Waals surface area (Å²) in [5.41, 5.74) is -1.07. The van der Waals surface area contributed by atoms with E-state index in [4.69, 9.17) is 0 Å². The van der Waals surface area contributed by atoms with E-state index in [1.165, 1.54) is 37.0 Å². The molecule has 1 aromatic rings. The van der Waals surface area contributed by atoms with E-state index in [1.54, 1.807) is 6.92 Å². The Labute approximate surface area is 144 Å². The van der Waals surface area contributed by atoms with Crippen LogP contribution in [0.2, 0.25) is 0 Å². The summed E-state index contributed by atoms with van der Waals surface area (Å²) in [7, 11) is 0. The van der Waals surface area contributed by atoms with Crippen molar-refractivity contribution in [2.24, 2.45) is 11.8 Å². The fourth-order valence-corrected chi connectivity index (χ4v) is 4.31. The van der Waals surface area contributed by atoms with Crippen LogP contribution >= 0.6 is 11.3 Å². The number of thiophene rings is 1. The molecular weight excluding hydrogens is 326 g/mol. The predicted molar refractivity (Wildman–Crippen MR) is 89.3 cm³/mol. The number of amides is 4. The zero-order valence-electron chi connectivity index (χ0n) is 13.6. The van der Waals surface area contributed by atoms with E-state index >= 15 is 0 Å². The molecule has 1 atom stereocenters. The standard InChI is InChI=1S/C17H21N3O3S/c1-17(12-3-2-8-24-12)15(22)20(16(23)19-17)9-13(21)18-14(10-4-5-10)11-6-7-11/h2-3,8,10-11,14H,4-7,9H2,1H3,(H,18,21)(H,19,23). The van der Waals surface area contributed by atoms with Gasteiger partial charge in [-0.3, -0.25) is 14.5 Å². The predicted octanol–water partition coefficient (Wildman–Crippen LogP) is 1.82. The van der Waals surface area contributed by atoms with E-state index in [0.717, 1.165) is 9.78 Å². The number of urea groups is 1. The van der Waals surface area contributed by atoms with Gasteiger partial charge in [0, 0.05) is 10.9 Å². The van der Waals surface area contributed by atoms with E-state index in [-0.39, 0.29) is 24.4 Å². The molecule has 0 bridgehead atoms. The SMILES string of the molecule is CC1(c2cccs2)NC(=O)N(CC(=O)NC(C2CC2)C2CC2)C1=O. The van der Waals surface area contributed by atoms with Gasteiger partial charge in [-0.25, -0.2) is 4.79 Å². The summed E-state index contributed by atoms with van der Waals surface area (Å²) in [6.07, 6.45) is 4.67. The summed E-state index contributed by atoms with van der Waals surface area (Å²) in [4.78, 5) is 39.1. The second-order valence-electron chi connectivity index (χ2n) is 7.19. The summed E-state index contributed by atoms with van der Waals surface area (Å²) in [5.74, 6) is 0.569. The Morgan fingerprint density at radius 2 is 2.04 bits per heavy atom. The van der Waals surface area contributed by atoms with Crippen LogP contribution in [0, 0.1) is 11.8 Å². The number of hydrogen-bond donors (Lipinski definition) is 2. The van der Waals surface area contributed by atoms with Gasteiger partial charge in [0.15, 0.2) is 5.54 Å².